The summed E-state index contributed by atoms with van der Waals surface area (Å²) in [6, 6.07) is 17.3. The van der Waals surface area contributed by atoms with Crippen LogP contribution in [0.25, 0.3) is 6.08 Å². The van der Waals surface area contributed by atoms with Crippen molar-refractivity contribution in [1.29, 1.82) is 0 Å². The Balaban J connectivity index is 1.40. The van der Waals surface area contributed by atoms with Crippen LogP contribution in [0.5, 0.6) is 0 Å². The van der Waals surface area contributed by atoms with E-state index < -0.39 is 11.9 Å². The third-order valence-corrected chi connectivity index (χ3v) is 7.33. The van der Waals surface area contributed by atoms with E-state index in [0.717, 1.165) is 30.8 Å². The molecule has 2 aliphatic rings. The van der Waals surface area contributed by atoms with Gasteiger partial charge < -0.3 is 14.5 Å². The van der Waals surface area contributed by atoms with Crippen molar-refractivity contribution in [1.82, 2.24) is 14.7 Å². The number of hydrogen-bond acceptors (Lipinski definition) is 5. The molecule has 0 bridgehead atoms. The monoisotopic (exact) mass is 535 g/mol. The zero-order valence-electron chi connectivity index (χ0n) is 21.9. The summed E-state index contributed by atoms with van der Waals surface area (Å²) >= 11 is 6.04. The molecule has 200 valence electrons. The van der Waals surface area contributed by atoms with Crippen LogP contribution in [0.1, 0.15) is 37.3 Å². The SMILES string of the molecule is CCOC(=O)C1=C(C)N(CC(=O)N2CCN(CC=Cc3ccccc3)CC2)C(=O)CC1c1ccc(Cl)cc1. The highest BCUT2D eigenvalue weighted by atomic mass is 35.5. The number of ether oxygens (including phenoxy) is 1. The van der Waals surface area contributed by atoms with Gasteiger partial charge in [-0.25, -0.2) is 4.79 Å². The van der Waals surface area contributed by atoms with Gasteiger partial charge in [-0.05, 0) is 37.1 Å². The van der Waals surface area contributed by atoms with Gasteiger partial charge in [0.15, 0.2) is 0 Å². The molecule has 4 rings (SSSR count). The number of benzene rings is 2. The van der Waals surface area contributed by atoms with E-state index in [4.69, 9.17) is 16.3 Å². The zero-order chi connectivity index (χ0) is 27.1. The Labute approximate surface area is 229 Å². The van der Waals surface area contributed by atoms with E-state index in [2.05, 4.69) is 29.2 Å². The Morgan fingerprint density at radius 3 is 2.37 bits per heavy atom. The molecule has 0 spiro atoms. The van der Waals surface area contributed by atoms with Crippen molar-refractivity contribution < 1.29 is 19.1 Å². The number of carbonyl (C=O) groups excluding carboxylic acids is 3. The number of piperazine rings is 1. The van der Waals surface area contributed by atoms with E-state index in [1.807, 2.05) is 30.3 Å². The molecule has 8 heteroatoms. The van der Waals surface area contributed by atoms with Crippen molar-refractivity contribution in [2.45, 2.75) is 26.2 Å². The van der Waals surface area contributed by atoms with Crippen LogP contribution >= 0.6 is 11.6 Å². The van der Waals surface area contributed by atoms with Crippen LogP contribution in [0.4, 0.5) is 0 Å². The molecule has 1 unspecified atom stereocenters. The molecule has 7 nitrogen and oxygen atoms in total. The Hall–Kier alpha value is -3.42. The standard InChI is InChI=1S/C30H34ClN3O4/c1-3-38-30(37)29-22(2)34(27(35)20-26(29)24-11-13-25(31)14-12-24)21-28(36)33-18-16-32(17-19-33)15-7-10-23-8-5-4-6-9-23/h4-14,26H,3,15-21H2,1-2H3. The first kappa shape index (κ1) is 27.6. The summed E-state index contributed by atoms with van der Waals surface area (Å²) in [5.41, 5.74) is 2.86. The van der Waals surface area contributed by atoms with Crippen molar-refractivity contribution in [2.24, 2.45) is 0 Å². The van der Waals surface area contributed by atoms with Crippen LogP contribution in [-0.4, -0.2) is 78.4 Å². The first-order chi connectivity index (χ1) is 18.4. The first-order valence-electron chi connectivity index (χ1n) is 13.0. The Morgan fingerprint density at radius 1 is 1.03 bits per heavy atom. The predicted octanol–water partition coefficient (Wildman–Crippen LogP) is 4.35. The van der Waals surface area contributed by atoms with Crippen LogP contribution in [0, 0.1) is 0 Å². The fraction of sp³-hybridized carbons (Fsp3) is 0.367. The van der Waals surface area contributed by atoms with Gasteiger partial charge in [0, 0.05) is 55.8 Å². The van der Waals surface area contributed by atoms with Crippen LogP contribution < -0.4 is 0 Å². The largest absolute Gasteiger partial charge is 0.463 e. The normalized spacial score (nSPS) is 18.8. The Bertz CT molecular complexity index is 1200. The minimum Gasteiger partial charge on any atom is -0.463 e. The van der Waals surface area contributed by atoms with Gasteiger partial charge in [0.05, 0.1) is 12.2 Å². The molecular weight excluding hydrogens is 502 g/mol. The molecule has 2 aromatic carbocycles. The summed E-state index contributed by atoms with van der Waals surface area (Å²) in [4.78, 5) is 44.9. The second kappa shape index (κ2) is 12.9. The highest BCUT2D eigenvalue weighted by Crippen LogP contribution is 2.37. The van der Waals surface area contributed by atoms with Crippen molar-refractivity contribution in [3.8, 4) is 0 Å². The summed E-state index contributed by atoms with van der Waals surface area (Å²) in [6.45, 7) is 7.14. The van der Waals surface area contributed by atoms with Gasteiger partial charge in [0.25, 0.3) is 0 Å². The maximum Gasteiger partial charge on any atom is 0.336 e. The number of hydrogen-bond donors (Lipinski definition) is 0. The number of halogens is 1. The molecule has 0 aliphatic carbocycles. The molecular formula is C30H34ClN3O4. The van der Waals surface area contributed by atoms with E-state index >= 15 is 0 Å². The van der Waals surface area contributed by atoms with Gasteiger partial charge in [0.1, 0.15) is 6.54 Å². The van der Waals surface area contributed by atoms with E-state index in [9.17, 15) is 14.4 Å². The quantitative estimate of drug-likeness (QED) is 0.470. The van der Waals surface area contributed by atoms with E-state index in [0.29, 0.717) is 29.4 Å². The molecule has 0 radical (unpaired) electrons. The minimum absolute atomic E-state index is 0.0852. The summed E-state index contributed by atoms with van der Waals surface area (Å²) in [5, 5.41) is 0.578. The summed E-state index contributed by atoms with van der Waals surface area (Å²) < 4.78 is 5.34. The molecule has 2 amide bonds. The van der Waals surface area contributed by atoms with Crippen molar-refractivity contribution in [3.63, 3.8) is 0 Å². The van der Waals surface area contributed by atoms with Crippen LogP contribution in [-0.2, 0) is 19.1 Å². The second-order valence-corrected chi connectivity index (χ2v) is 9.94. The van der Waals surface area contributed by atoms with Gasteiger partial charge in [-0.3, -0.25) is 14.5 Å². The topological polar surface area (TPSA) is 70.2 Å². The van der Waals surface area contributed by atoms with Crippen LogP contribution in [0.3, 0.4) is 0 Å². The highest BCUT2D eigenvalue weighted by molar-refractivity contribution is 6.30. The van der Waals surface area contributed by atoms with Gasteiger partial charge >= 0.3 is 5.97 Å². The molecule has 0 saturated carbocycles. The first-order valence-corrected chi connectivity index (χ1v) is 13.4. The number of carbonyl (C=O) groups is 3. The molecule has 38 heavy (non-hydrogen) atoms. The van der Waals surface area contributed by atoms with Gasteiger partial charge in [-0.2, -0.15) is 0 Å². The van der Waals surface area contributed by atoms with Gasteiger partial charge in [0.2, 0.25) is 11.8 Å². The zero-order valence-corrected chi connectivity index (χ0v) is 22.7. The average Bonchev–Trinajstić information content (AvgIpc) is 2.92. The fourth-order valence-electron chi connectivity index (χ4n) is 4.97. The summed E-state index contributed by atoms with van der Waals surface area (Å²) in [6.07, 6.45) is 4.33. The lowest BCUT2D eigenvalue weighted by Gasteiger charge is -2.37. The molecule has 0 N–H and O–H groups in total. The number of amides is 2. The lowest BCUT2D eigenvalue weighted by Crippen LogP contribution is -2.52. The van der Waals surface area contributed by atoms with Gasteiger partial charge in [-0.15, -0.1) is 0 Å². The Morgan fingerprint density at radius 2 is 1.71 bits per heavy atom. The predicted molar refractivity (Wildman–Crippen MR) is 148 cm³/mol. The maximum atomic E-state index is 13.2. The van der Waals surface area contributed by atoms with E-state index in [1.165, 1.54) is 4.90 Å². The number of rotatable bonds is 8. The Kier molecular flexibility index (Phi) is 9.37. The minimum atomic E-state index is -0.466. The number of esters is 1. The van der Waals surface area contributed by atoms with Crippen molar-refractivity contribution in [3.05, 3.63) is 88.1 Å². The molecule has 1 atom stereocenters. The highest BCUT2D eigenvalue weighted by Gasteiger charge is 2.38. The van der Waals surface area contributed by atoms with Crippen molar-refractivity contribution in [2.75, 3.05) is 45.9 Å². The fourth-order valence-corrected chi connectivity index (χ4v) is 5.10. The average molecular weight is 536 g/mol. The third kappa shape index (κ3) is 6.71. The molecule has 1 fully saturated rings. The lowest BCUT2D eigenvalue weighted by molar-refractivity contribution is -0.143. The number of allylic oxidation sites excluding steroid dienone is 1. The summed E-state index contributed by atoms with van der Waals surface area (Å²) in [7, 11) is 0. The molecule has 0 aromatic heterocycles. The summed E-state index contributed by atoms with van der Waals surface area (Å²) in [5.74, 6) is -1.22. The molecule has 2 aliphatic heterocycles. The molecule has 2 aromatic rings. The molecule has 1 saturated heterocycles. The lowest BCUT2D eigenvalue weighted by atomic mass is 9.83. The maximum absolute atomic E-state index is 13.2. The smallest absolute Gasteiger partial charge is 0.336 e. The van der Waals surface area contributed by atoms with Gasteiger partial charge in [-0.1, -0.05) is 66.2 Å². The van der Waals surface area contributed by atoms with Crippen molar-refractivity contribution >= 4 is 35.5 Å². The third-order valence-electron chi connectivity index (χ3n) is 7.08. The van der Waals surface area contributed by atoms with Crippen LogP contribution in [0.2, 0.25) is 5.02 Å². The van der Waals surface area contributed by atoms with E-state index in [-0.39, 0.29) is 31.4 Å². The molecule has 2 heterocycles. The second-order valence-electron chi connectivity index (χ2n) is 9.50. The number of nitrogens with zero attached hydrogens (tertiary/aromatic N) is 3. The van der Waals surface area contributed by atoms with E-state index in [1.54, 1.807) is 30.9 Å². The van der Waals surface area contributed by atoms with Crippen LogP contribution in [0.15, 0.2) is 71.9 Å².